The molecular formula is C11H15F2NO3. The molecule has 17 heavy (non-hydrogen) atoms. The smallest absolute Gasteiger partial charge is 0.240 e. The maximum absolute atomic E-state index is 12.3. The van der Waals surface area contributed by atoms with Crippen LogP contribution in [0.2, 0.25) is 0 Å². The Hall–Kier alpha value is -1.56. The number of rotatable bonds is 5. The fourth-order valence-corrected chi connectivity index (χ4v) is 1.60. The van der Waals surface area contributed by atoms with Gasteiger partial charge in [0.2, 0.25) is 6.43 Å². The number of phenols is 1. The Morgan fingerprint density at radius 2 is 1.71 bits per heavy atom. The Balaban J connectivity index is 3.18. The van der Waals surface area contributed by atoms with Gasteiger partial charge >= 0.3 is 0 Å². The summed E-state index contributed by atoms with van der Waals surface area (Å²) >= 11 is 0. The molecule has 96 valence electrons. The molecule has 6 heteroatoms. The molecular weight excluding hydrogens is 232 g/mol. The van der Waals surface area contributed by atoms with Crippen LogP contribution in [0.5, 0.6) is 17.2 Å². The normalized spacial score (nSPS) is 12.6. The zero-order valence-corrected chi connectivity index (χ0v) is 9.61. The summed E-state index contributed by atoms with van der Waals surface area (Å²) in [5, 5.41) is 9.40. The second kappa shape index (κ2) is 5.67. The molecule has 0 aliphatic carbocycles. The molecule has 1 aromatic carbocycles. The number of ether oxygens (including phenoxy) is 2. The molecule has 0 fully saturated rings. The number of benzene rings is 1. The van der Waals surface area contributed by atoms with Crippen molar-refractivity contribution in [3.05, 3.63) is 17.7 Å². The van der Waals surface area contributed by atoms with Crippen molar-refractivity contribution in [1.82, 2.24) is 0 Å². The summed E-state index contributed by atoms with van der Waals surface area (Å²) in [5.41, 5.74) is 6.00. The summed E-state index contributed by atoms with van der Waals surface area (Å²) in [4.78, 5) is 0. The van der Waals surface area contributed by atoms with E-state index in [2.05, 4.69) is 0 Å². The zero-order chi connectivity index (χ0) is 13.0. The Kier molecular flexibility index (Phi) is 4.51. The first-order chi connectivity index (χ1) is 7.99. The van der Waals surface area contributed by atoms with Crippen LogP contribution in [0.4, 0.5) is 8.78 Å². The van der Waals surface area contributed by atoms with Crippen LogP contribution in [0.15, 0.2) is 12.1 Å². The van der Waals surface area contributed by atoms with Gasteiger partial charge in [0.1, 0.15) is 17.2 Å². The van der Waals surface area contributed by atoms with Gasteiger partial charge in [-0.15, -0.1) is 0 Å². The molecule has 0 aliphatic rings. The highest BCUT2D eigenvalue weighted by Crippen LogP contribution is 2.38. The van der Waals surface area contributed by atoms with Gasteiger partial charge in [-0.1, -0.05) is 0 Å². The Morgan fingerprint density at radius 1 is 1.24 bits per heavy atom. The summed E-state index contributed by atoms with van der Waals surface area (Å²) in [7, 11) is 2.74. The van der Waals surface area contributed by atoms with Crippen molar-refractivity contribution >= 4 is 0 Å². The van der Waals surface area contributed by atoms with E-state index in [-0.39, 0.29) is 17.2 Å². The minimum absolute atomic E-state index is 0.0771. The molecule has 0 aliphatic heterocycles. The van der Waals surface area contributed by atoms with Crippen LogP contribution in [-0.4, -0.2) is 25.8 Å². The van der Waals surface area contributed by atoms with Crippen molar-refractivity contribution in [2.45, 2.75) is 18.9 Å². The van der Waals surface area contributed by atoms with Gasteiger partial charge in [0, 0.05) is 24.6 Å². The van der Waals surface area contributed by atoms with E-state index in [0.29, 0.717) is 5.56 Å². The summed E-state index contributed by atoms with van der Waals surface area (Å²) in [6.45, 7) is 0. The van der Waals surface area contributed by atoms with Crippen molar-refractivity contribution in [2.24, 2.45) is 5.73 Å². The first kappa shape index (κ1) is 13.5. The quantitative estimate of drug-likeness (QED) is 0.836. The average molecular weight is 247 g/mol. The zero-order valence-electron chi connectivity index (χ0n) is 9.61. The lowest BCUT2D eigenvalue weighted by molar-refractivity contribution is 0.127. The van der Waals surface area contributed by atoms with Gasteiger partial charge in [0.15, 0.2) is 0 Å². The molecule has 0 aromatic heterocycles. The molecule has 0 saturated carbocycles. The van der Waals surface area contributed by atoms with Crippen LogP contribution >= 0.6 is 0 Å². The minimum atomic E-state index is -2.52. The number of nitrogens with two attached hydrogens (primary N) is 1. The number of hydrogen-bond acceptors (Lipinski definition) is 4. The SMILES string of the molecule is COc1cc(O)cc(OC)c1[C@@H](N)CC(F)F. The lowest BCUT2D eigenvalue weighted by Crippen LogP contribution is -2.16. The molecule has 0 unspecified atom stereocenters. The highest BCUT2D eigenvalue weighted by atomic mass is 19.3. The number of alkyl halides is 2. The predicted octanol–water partition coefficient (Wildman–Crippen LogP) is 2.06. The van der Waals surface area contributed by atoms with Crippen LogP contribution in [-0.2, 0) is 0 Å². The van der Waals surface area contributed by atoms with E-state index in [4.69, 9.17) is 15.2 Å². The predicted molar refractivity (Wildman–Crippen MR) is 58.8 cm³/mol. The second-order valence-corrected chi connectivity index (χ2v) is 3.50. The van der Waals surface area contributed by atoms with Gasteiger partial charge in [0.25, 0.3) is 0 Å². The highest BCUT2D eigenvalue weighted by molar-refractivity contribution is 5.51. The fourth-order valence-electron chi connectivity index (χ4n) is 1.60. The first-order valence-corrected chi connectivity index (χ1v) is 4.98. The molecule has 4 nitrogen and oxygen atoms in total. The van der Waals surface area contributed by atoms with E-state index in [1.165, 1.54) is 26.4 Å². The van der Waals surface area contributed by atoms with Crippen molar-refractivity contribution in [1.29, 1.82) is 0 Å². The van der Waals surface area contributed by atoms with Crippen molar-refractivity contribution in [3.63, 3.8) is 0 Å². The molecule has 0 spiro atoms. The third-order valence-corrected chi connectivity index (χ3v) is 2.33. The third-order valence-electron chi connectivity index (χ3n) is 2.33. The van der Waals surface area contributed by atoms with Crippen molar-refractivity contribution in [2.75, 3.05) is 14.2 Å². The number of methoxy groups -OCH3 is 2. The number of aromatic hydroxyl groups is 1. The molecule has 1 rings (SSSR count). The van der Waals surface area contributed by atoms with Crippen LogP contribution in [0.1, 0.15) is 18.0 Å². The van der Waals surface area contributed by atoms with E-state index in [9.17, 15) is 13.9 Å². The summed E-state index contributed by atoms with van der Waals surface area (Å²) in [5.74, 6) is 0.386. The average Bonchev–Trinajstić information content (AvgIpc) is 2.26. The monoisotopic (exact) mass is 247 g/mol. The summed E-state index contributed by atoms with van der Waals surface area (Å²) in [6, 6.07) is 1.70. The van der Waals surface area contributed by atoms with Gasteiger partial charge < -0.3 is 20.3 Å². The van der Waals surface area contributed by atoms with Crippen molar-refractivity contribution in [3.8, 4) is 17.2 Å². The summed E-state index contributed by atoms with van der Waals surface area (Å²) < 4.78 is 34.6. The molecule has 3 N–H and O–H groups in total. The molecule has 0 radical (unpaired) electrons. The highest BCUT2D eigenvalue weighted by Gasteiger charge is 2.22. The van der Waals surface area contributed by atoms with Gasteiger partial charge in [0.05, 0.1) is 19.8 Å². The molecule has 0 bridgehead atoms. The largest absolute Gasteiger partial charge is 0.508 e. The van der Waals surface area contributed by atoms with E-state index in [0.717, 1.165) is 0 Å². The number of phenolic OH excluding ortho intramolecular Hbond substituents is 1. The first-order valence-electron chi connectivity index (χ1n) is 4.98. The third kappa shape index (κ3) is 3.20. The molecule has 0 heterocycles. The molecule has 1 atom stereocenters. The van der Waals surface area contributed by atoms with Gasteiger partial charge in [-0.25, -0.2) is 8.78 Å². The van der Waals surface area contributed by atoms with E-state index < -0.39 is 18.9 Å². The Morgan fingerprint density at radius 3 is 2.06 bits per heavy atom. The van der Waals surface area contributed by atoms with Crippen LogP contribution in [0, 0.1) is 0 Å². The maximum Gasteiger partial charge on any atom is 0.240 e. The topological polar surface area (TPSA) is 64.7 Å². The van der Waals surface area contributed by atoms with Crippen LogP contribution in [0.3, 0.4) is 0 Å². The van der Waals surface area contributed by atoms with E-state index in [1.807, 2.05) is 0 Å². The van der Waals surface area contributed by atoms with E-state index in [1.54, 1.807) is 0 Å². The minimum Gasteiger partial charge on any atom is -0.508 e. The fraction of sp³-hybridized carbons (Fsp3) is 0.455. The van der Waals surface area contributed by atoms with Crippen LogP contribution in [0.25, 0.3) is 0 Å². The molecule has 0 saturated heterocycles. The number of halogens is 2. The van der Waals surface area contributed by atoms with Crippen LogP contribution < -0.4 is 15.2 Å². The Bertz CT molecular complexity index is 360. The standard InChI is InChI=1S/C11H15F2NO3/c1-16-8-3-6(15)4-9(17-2)11(8)7(14)5-10(12)13/h3-4,7,10,15H,5,14H2,1-2H3/t7-/m0/s1. The molecule has 0 amide bonds. The second-order valence-electron chi connectivity index (χ2n) is 3.50. The number of hydrogen-bond donors (Lipinski definition) is 2. The lowest BCUT2D eigenvalue weighted by atomic mass is 10.0. The van der Waals surface area contributed by atoms with Gasteiger partial charge in [-0.3, -0.25) is 0 Å². The Labute approximate surface area is 97.9 Å². The van der Waals surface area contributed by atoms with Gasteiger partial charge in [-0.2, -0.15) is 0 Å². The summed E-state index contributed by atoms with van der Waals surface area (Å²) in [6.07, 6.45) is -3.02. The van der Waals surface area contributed by atoms with E-state index >= 15 is 0 Å². The van der Waals surface area contributed by atoms with Gasteiger partial charge in [-0.05, 0) is 0 Å². The molecule has 1 aromatic rings. The lowest BCUT2D eigenvalue weighted by Gasteiger charge is -2.19. The maximum atomic E-state index is 12.3. The van der Waals surface area contributed by atoms with Crippen molar-refractivity contribution < 1.29 is 23.4 Å².